The van der Waals surface area contributed by atoms with Crippen LogP contribution in [-0.4, -0.2) is 18.0 Å². The van der Waals surface area contributed by atoms with Crippen LogP contribution >= 0.6 is 11.3 Å². The predicted octanol–water partition coefficient (Wildman–Crippen LogP) is 0.985. The van der Waals surface area contributed by atoms with E-state index in [9.17, 15) is 13.2 Å². The van der Waals surface area contributed by atoms with Gasteiger partial charge in [0.1, 0.15) is 14.9 Å². The summed E-state index contributed by atoms with van der Waals surface area (Å²) in [6.45, 7) is 1.66. The fourth-order valence-corrected chi connectivity index (χ4v) is 3.96. The number of primary sulfonamides is 1. The van der Waals surface area contributed by atoms with E-state index in [0.29, 0.717) is 22.0 Å². The number of anilines is 1. The van der Waals surface area contributed by atoms with Crippen molar-refractivity contribution in [1.29, 1.82) is 0 Å². The zero-order valence-corrected chi connectivity index (χ0v) is 13.1. The van der Waals surface area contributed by atoms with Crippen molar-refractivity contribution < 1.29 is 8.42 Å². The summed E-state index contributed by atoms with van der Waals surface area (Å²) in [4.78, 5) is 17.3. The van der Waals surface area contributed by atoms with Crippen LogP contribution in [0.3, 0.4) is 0 Å². The number of nitrogens with two attached hydrogens (primary N) is 2. The highest BCUT2D eigenvalue weighted by molar-refractivity contribution is 7.91. The van der Waals surface area contributed by atoms with Gasteiger partial charge < -0.3 is 5.73 Å². The SMILES string of the molecule is Cc1nc2sc(S(N)(=O)=O)cc2c(=O)n1-c1ccccc1N. The fraction of sp³-hybridized carbons (Fsp3) is 0.0769. The summed E-state index contributed by atoms with van der Waals surface area (Å²) < 4.78 is 24.1. The van der Waals surface area contributed by atoms with Crippen LogP contribution in [0.4, 0.5) is 5.69 Å². The summed E-state index contributed by atoms with van der Waals surface area (Å²) in [5.74, 6) is 0.415. The molecule has 114 valence electrons. The monoisotopic (exact) mass is 336 g/mol. The van der Waals surface area contributed by atoms with Crippen LogP contribution in [0, 0.1) is 6.92 Å². The quantitative estimate of drug-likeness (QED) is 0.676. The lowest BCUT2D eigenvalue weighted by atomic mass is 10.2. The number of fused-ring (bicyclic) bond motifs is 1. The summed E-state index contributed by atoms with van der Waals surface area (Å²) >= 11 is 0.872. The lowest BCUT2D eigenvalue weighted by Crippen LogP contribution is -2.22. The van der Waals surface area contributed by atoms with Crippen molar-refractivity contribution in [3.8, 4) is 5.69 Å². The molecule has 2 heterocycles. The number of aryl methyl sites for hydroxylation is 1. The van der Waals surface area contributed by atoms with Gasteiger partial charge in [0, 0.05) is 0 Å². The molecule has 0 unspecified atom stereocenters. The van der Waals surface area contributed by atoms with Gasteiger partial charge in [0.05, 0.1) is 16.8 Å². The van der Waals surface area contributed by atoms with Gasteiger partial charge in [-0.25, -0.2) is 18.5 Å². The Labute approximate surface area is 129 Å². The summed E-state index contributed by atoms with van der Waals surface area (Å²) in [6.07, 6.45) is 0. The molecule has 0 saturated carbocycles. The van der Waals surface area contributed by atoms with Gasteiger partial charge in [0.15, 0.2) is 0 Å². The highest BCUT2D eigenvalue weighted by Gasteiger charge is 2.18. The Morgan fingerprint density at radius 1 is 1.27 bits per heavy atom. The van der Waals surface area contributed by atoms with E-state index in [1.54, 1.807) is 31.2 Å². The number of hydrogen-bond donors (Lipinski definition) is 2. The zero-order chi connectivity index (χ0) is 16.1. The van der Waals surface area contributed by atoms with Crippen molar-refractivity contribution in [3.63, 3.8) is 0 Å². The molecule has 0 radical (unpaired) electrons. The van der Waals surface area contributed by atoms with E-state index in [0.717, 1.165) is 11.3 Å². The van der Waals surface area contributed by atoms with E-state index in [1.165, 1.54) is 10.6 Å². The maximum Gasteiger partial charge on any atom is 0.266 e. The molecular weight excluding hydrogens is 324 g/mol. The number of benzene rings is 1. The molecule has 9 heteroatoms. The average Bonchev–Trinajstić information content (AvgIpc) is 2.85. The highest BCUT2D eigenvalue weighted by atomic mass is 32.2. The molecule has 0 bridgehead atoms. The van der Waals surface area contributed by atoms with Gasteiger partial charge >= 0.3 is 0 Å². The number of nitrogens with zero attached hydrogens (tertiary/aromatic N) is 2. The van der Waals surface area contributed by atoms with Crippen molar-refractivity contribution in [2.45, 2.75) is 11.1 Å². The first kappa shape index (κ1) is 14.7. The Morgan fingerprint density at radius 2 is 1.95 bits per heavy atom. The van der Waals surface area contributed by atoms with Gasteiger partial charge in [-0.15, -0.1) is 11.3 Å². The molecule has 0 spiro atoms. The van der Waals surface area contributed by atoms with E-state index in [2.05, 4.69) is 4.98 Å². The molecule has 4 N–H and O–H groups in total. The predicted molar refractivity (Wildman–Crippen MR) is 85.7 cm³/mol. The molecule has 0 fully saturated rings. The average molecular weight is 336 g/mol. The Kier molecular flexibility index (Phi) is 3.28. The molecule has 3 rings (SSSR count). The minimum atomic E-state index is -3.87. The van der Waals surface area contributed by atoms with Crippen LogP contribution in [0.5, 0.6) is 0 Å². The molecule has 1 aromatic carbocycles. The Balaban J connectivity index is 2.39. The van der Waals surface area contributed by atoms with Crippen molar-refractivity contribution >= 4 is 37.3 Å². The molecule has 3 aromatic rings. The van der Waals surface area contributed by atoms with Crippen LogP contribution in [0.25, 0.3) is 15.9 Å². The fourth-order valence-electron chi connectivity index (χ4n) is 2.18. The second-order valence-corrected chi connectivity index (χ2v) is 7.51. The van der Waals surface area contributed by atoms with Crippen molar-refractivity contribution in [2.75, 3.05) is 5.73 Å². The van der Waals surface area contributed by atoms with E-state index >= 15 is 0 Å². The van der Waals surface area contributed by atoms with Crippen molar-refractivity contribution in [1.82, 2.24) is 9.55 Å². The minimum absolute atomic E-state index is 0.0923. The molecule has 0 aliphatic carbocycles. The number of aromatic nitrogens is 2. The molecule has 22 heavy (non-hydrogen) atoms. The molecule has 0 amide bonds. The van der Waals surface area contributed by atoms with Crippen molar-refractivity contribution in [3.05, 3.63) is 46.5 Å². The Morgan fingerprint density at radius 3 is 2.59 bits per heavy atom. The number of rotatable bonds is 2. The number of sulfonamides is 1. The Bertz CT molecular complexity index is 1050. The Hall–Kier alpha value is -2.23. The van der Waals surface area contributed by atoms with Gasteiger partial charge in [-0.1, -0.05) is 12.1 Å². The van der Waals surface area contributed by atoms with E-state index in [1.807, 2.05) is 0 Å². The second kappa shape index (κ2) is 4.90. The summed E-state index contributed by atoms with van der Waals surface area (Å²) in [5.41, 5.74) is 6.45. The van der Waals surface area contributed by atoms with Gasteiger partial charge in [0.2, 0.25) is 10.0 Å². The highest BCUT2D eigenvalue weighted by Crippen LogP contribution is 2.26. The first-order valence-electron chi connectivity index (χ1n) is 6.20. The lowest BCUT2D eigenvalue weighted by Gasteiger charge is -2.11. The maximum absolute atomic E-state index is 12.7. The lowest BCUT2D eigenvalue weighted by molar-refractivity contribution is 0.600. The topological polar surface area (TPSA) is 121 Å². The normalized spacial score (nSPS) is 11.9. The van der Waals surface area contributed by atoms with Gasteiger partial charge in [-0.3, -0.25) is 9.36 Å². The second-order valence-electron chi connectivity index (χ2n) is 4.69. The molecule has 2 aromatic heterocycles. The molecule has 0 aliphatic rings. The summed E-state index contributed by atoms with van der Waals surface area (Å²) in [5, 5.41) is 5.31. The van der Waals surface area contributed by atoms with Gasteiger partial charge in [-0.2, -0.15) is 0 Å². The first-order valence-corrected chi connectivity index (χ1v) is 8.56. The number of thiophene rings is 1. The summed E-state index contributed by atoms with van der Waals surface area (Å²) in [6, 6.07) is 8.14. The third-order valence-corrected chi connectivity index (χ3v) is 5.62. The number of para-hydroxylation sites is 2. The standard InChI is InChI=1S/C13H12N4O3S2/c1-7-16-12-8(6-11(21-12)22(15,19)20)13(18)17(7)10-5-3-2-4-9(10)14/h2-6H,14H2,1H3,(H2,15,19,20). The molecule has 0 aliphatic heterocycles. The van der Waals surface area contributed by atoms with Crippen LogP contribution in [0.15, 0.2) is 39.3 Å². The minimum Gasteiger partial charge on any atom is -0.397 e. The van der Waals surface area contributed by atoms with Crippen LogP contribution < -0.4 is 16.4 Å². The zero-order valence-electron chi connectivity index (χ0n) is 11.5. The number of nitrogen functional groups attached to an aromatic ring is 1. The van der Waals surface area contributed by atoms with Crippen LogP contribution in [0.1, 0.15) is 5.82 Å². The van der Waals surface area contributed by atoms with Crippen LogP contribution in [0.2, 0.25) is 0 Å². The largest absolute Gasteiger partial charge is 0.397 e. The van der Waals surface area contributed by atoms with Crippen LogP contribution in [-0.2, 0) is 10.0 Å². The third kappa shape index (κ3) is 2.28. The molecule has 7 nitrogen and oxygen atoms in total. The smallest absolute Gasteiger partial charge is 0.266 e. The van der Waals surface area contributed by atoms with E-state index in [4.69, 9.17) is 10.9 Å². The van der Waals surface area contributed by atoms with E-state index < -0.39 is 10.0 Å². The maximum atomic E-state index is 12.7. The number of hydrogen-bond acceptors (Lipinski definition) is 6. The van der Waals surface area contributed by atoms with Gasteiger partial charge in [0.25, 0.3) is 5.56 Å². The van der Waals surface area contributed by atoms with Gasteiger partial charge in [-0.05, 0) is 25.1 Å². The van der Waals surface area contributed by atoms with Crippen molar-refractivity contribution in [2.24, 2.45) is 5.14 Å². The molecule has 0 atom stereocenters. The molecular formula is C13H12N4O3S2. The third-order valence-electron chi connectivity index (χ3n) is 3.17. The summed E-state index contributed by atoms with van der Waals surface area (Å²) in [7, 11) is -3.87. The first-order chi connectivity index (χ1) is 10.3. The van der Waals surface area contributed by atoms with E-state index in [-0.39, 0.29) is 15.2 Å². The molecule has 0 saturated heterocycles.